The highest BCUT2D eigenvalue weighted by Gasteiger charge is 2.42. The summed E-state index contributed by atoms with van der Waals surface area (Å²) >= 11 is 13.1. The number of benzene rings is 2. The van der Waals surface area contributed by atoms with Gasteiger partial charge in [0.1, 0.15) is 0 Å². The van der Waals surface area contributed by atoms with Crippen LogP contribution in [0, 0.1) is 25.7 Å². The third-order valence-corrected chi connectivity index (χ3v) is 9.47. The Kier molecular flexibility index (Phi) is 8.40. The number of ether oxygens (including phenoxy) is 1. The van der Waals surface area contributed by atoms with Crippen LogP contribution in [0.15, 0.2) is 72.9 Å². The fourth-order valence-corrected chi connectivity index (χ4v) is 7.76. The van der Waals surface area contributed by atoms with Crippen molar-refractivity contribution in [2.45, 2.75) is 46.2 Å². The molecule has 2 fully saturated rings. The molecule has 6 rings (SSSR count). The maximum atomic E-state index is 12.7. The van der Waals surface area contributed by atoms with Crippen LogP contribution in [0.5, 0.6) is 0 Å². The average molecular weight is 628 g/mol. The standard InChI is InChI=1S/C35H38ClN5O2S/c1-21-16-22(2)20-39(19-21)31-14-13-25(18-28(31)36)41-33(32(38-35(41)44)29-11-8-9-15-37-29)27-17-23(3)40(24(27)4)30-12-7-6-10-26(30)34(42)43-5/h6-15,17-18,21-22,32-33H,16,19-20H2,1-5H3,(H,38,44)/t21-,22+,32-,33+/m1/s1. The summed E-state index contributed by atoms with van der Waals surface area (Å²) in [7, 11) is 1.41. The van der Waals surface area contributed by atoms with Gasteiger partial charge in [0.2, 0.25) is 0 Å². The maximum absolute atomic E-state index is 12.7. The number of hydrogen-bond acceptors (Lipinski definition) is 5. The van der Waals surface area contributed by atoms with Crippen molar-refractivity contribution in [1.29, 1.82) is 0 Å². The molecule has 0 radical (unpaired) electrons. The van der Waals surface area contributed by atoms with E-state index in [9.17, 15) is 4.79 Å². The first-order valence-corrected chi connectivity index (χ1v) is 15.9. The van der Waals surface area contributed by atoms with Gasteiger partial charge in [0.05, 0.1) is 46.8 Å². The molecule has 2 aromatic heterocycles. The molecule has 0 saturated carbocycles. The van der Waals surface area contributed by atoms with Gasteiger partial charge in [-0.1, -0.05) is 43.6 Å². The molecule has 2 aromatic carbocycles. The van der Waals surface area contributed by atoms with E-state index in [1.54, 1.807) is 6.07 Å². The molecule has 4 heterocycles. The second-order valence-electron chi connectivity index (χ2n) is 12.2. The van der Waals surface area contributed by atoms with Crippen LogP contribution in [0.25, 0.3) is 5.69 Å². The van der Waals surface area contributed by atoms with Crippen LogP contribution >= 0.6 is 23.8 Å². The predicted molar refractivity (Wildman–Crippen MR) is 181 cm³/mol. The first-order valence-electron chi connectivity index (χ1n) is 15.1. The Morgan fingerprint density at radius 1 is 1.00 bits per heavy atom. The third kappa shape index (κ3) is 5.46. The van der Waals surface area contributed by atoms with Crippen molar-refractivity contribution in [2.75, 3.05) is 30.0 Å². The van der Waals surface area contributed by atoms with Crippen molar-refractivity contribution in [3.63, 3.8) is 0 Å². The number of methoxy groups -OCH3 is 1. The number of aryl methyl sites for hydroxylation is 1. The van der Waals surface area contributed by atoms with Gasteiger partial charge in [-0.05, 0) is 98.4 Å². The number of pyridine rings is 1. The first kappa shape index (κ1) is 30.2. The number of rotatable bonds is 6. The van der Waals surface area contributed by atoms with Gasteiger partial charge in [-0.25, -0.2) is 4.79 Å². The molecule has 9 heteroatoms. The molecule has 44 heavy (non-hydrogen) atoms. The van der Waals surface area contributed by atoms with Crippen molar-refractivity contribution >= 4 is 46.3 Å². The second-order valence-corrected chi connectivity index (χ2v) is 12.9. The van der Waals surface area contributed by atoms with Gasteiger partial charge in [0.15, 0.2) is 5.11 Å². The Bertz CT molecular complexity index is 1700. The van der Waals surface area contributed by atoms with E-state index in [0.29, 0.717) is 27.5 Å². The summed E-state index contributed by atoms with van der Waals surface area (Å²) in [5.74, 6) is 0.861. The number of nitrogens with one attached hydrogen (secondary N) is 1. The number of esters is 1. The molecule has 4 aromatic rings. The van der Waals surface area contributed by atoms with Crippen molar-refractivity contribution < 1.29 is 9.53 Å². The van der Waals surface area contributed by atoms with Gasteiger partial charge in [-0.3, -0.25) is 4.98 Å². The highest BCUT2D eigenvalue weighted by atomic mass is 35.5. The Morgan fingerprint density at radius 2 is 1.73 bits per heavy atom. The van der Waals surface area contributed by atoms with Crippen LogP contribution in [0.2, 0.25) is 5.02 Å². The molecule has 0 bridgehead atoms. The number of anilines is 2. The van der Waals surface area contributed by atoms with Crippen LogP contribution in [0.1, 0.15) is 65.4 Å². The lowest BCUT2D eigenvalue weighted by Crippen LogP contribution is -2.38. The van der Waals surface area contributed by atoms with Crippen LogP contribution in [0.4, 0.5) is 11.4 Å². The van der Waals surface area contributed by atoms with E-state index in [1.165, 1.54) is 13.5 Å². The summed E-state index contributed by atoms with van der Waals surface area (Å²) in [6.07, 6.45) is 3.04. The highest BCUT2D eigenvalue weighted by Crippen LogP contribution is 2.45. The Labute approximate surface area is 269 Å². The van der Waals surface area contributed by atoms with Gasteiger partial charge in [-0.2, -0.15) is 0 Å². The summed E-state index contributed by atoms with van der Waals surface area (Å²) in [6.45, 7) is 10.7. The van der Waals surface area contributed by atoms with E-state index in [4.69, 9.17) is 33.5 Å². The fraction of sp³-hybridized carbons (Fsp3) is 0.343. The Morgan fingerprint density at radius 3 is 2.41 bits per heavy atom. The highest BCUT2D eigenvalue weighted by molar-refractivity contribution is 7.80. The number of halogens is 1. The number of thiocarbonyl (C=S) groups is 1. The lowest BCUT2D eigenvalue weighted by atomic mass is 9.91. The Hall–Kier alpha value is -3.88. The molecule has 2 aliphatic heterocycles. The zero-order chi connectivity index (χ0) is 31.1. The van der Waals surface area contributed by atoms with E-state index >= 15 is 0 Å². The quantitative estimate of drug-likeness (QED) is 0.175. The van der Waals surface area contributed by atoms with Crippen molar-refractivity contribution in [1.82, 2.24) is 14.9 Å². The minimum absolute atomic E-state index is 0.212. The summed E-state index contributed by atoms with van der Waals surface area (Å²) in [4.78, 5) is 22.0. The minimum Gasteiger partial charge on any atom is -0.465 e. The first-order chi connectivity index (χ1) is 21.2. The van der Waals surface area contributed by atoms with Crippen LogP contribution in [-0.4, -0.2) is 40.8 Å². The molecule has 1 N–H and O–H groups in total. The summed E-state index contributed by atoms with van der Waals surface area (Å²) in [5, 5.41) is 4.89. The number of para-hydroxylation sites is 1. The van der Waals surface area contributed by atoms with Gasteiger partial charge < -0.3 is 24.4 Å². The van der Waals surface area contributed by atoms with E-state index in [1.807, 2.05) is 48.7 Å². The normalized spacial score (nSPS) is 21.8. The number of nitrogens with zero attached hydrogens (tertiary/aromatic N) is 4. The molecular formula is C35H38ClN5O2S. The van der Waals surface area contributed by atoms with E-state index in [2.05, 4.69) is 65.6 Å². The molecule has 0 spiro atoms. The van der Waals surface area contributed by atoms with Crippen molar-refractivity contribution in [2.24, 2.45) is 11.8 Å². The van der Waals surface area contributed by atoms with Gasteiger partial charge in [0, 0.05) is 36.4 Å². The molecule has 2 aliphatic rings. The monoisotopic (exact) mass is 627 g/mol. The summed E-state index contributed by atoms with van der Waals surface area (Å²) in [5.41, 5.74) is 7.20. The average Bonchev–Trinajstić information content (AvgIpc) is 3.50. The van der Waals surface area contributed by atoms with Crippen LogP contribution in [-0.2, 0) is 4.74 Å². The number of carbonyl (C=O) groups is 1. The molecule has 7 nitrogen and oxygen atoms in total. The lowest BCUT2D eigenvalue weighted by molar-refractivity contribution is 0.0600. The maximum Gasteiger partial charge on any atom is 0.339 e. The van der Waals surface area contributed by atoms with Crippen LogP contribution in [0.3, 0.4) is 0 Å². The number of hydrogen-bond donors (Lipinski definition) is 1. The number of aromatic nitrogens is 2. The topological polar surface area (TPSA) is 62.6 Å². The smallest absolute Gasteiger partial charge is 0.339 e. The molecule has 0 aliphatic carbocycles. The molecule has 0 amide bonds. The van der Waals surface area contributed by atoms with E-state index in [0.717, 1.165) is 52.8 Å². The Balaban J connectivity index is 1.46. The lowest BCUT2D eigenvalue weighted by Gasteiger charge is -2.37. The fourth-order valence-electron chi connectivity index (χ4n) is 7.12. The summed E-state index contributed by atoms with van der Waals surface area (Å²) in [6, 6.07) is 21.5. The molecular weight excluding hydrogens is 590 g/mol. The summed E-state index contributed by atoms with van der Waals surface area (Å²) < 4.78 is 7.23. The van der Waals surface area contributed by atoms with E-state index < -0.39 is 0 Å². The molecule has 228 valence electrons. The van der Waals surface area contributed by atoms with Gasteiger partial charge >= 0.3 is 5.97 Å². The van der Waals surface area contributed by atoms with E-state index in [-0.39, 0.29) is 18.1 Å². The zero-order valence-corrected chi connectivity index (χ0v) is 27.3. The second kappa shape index (κ2) is 12.3. The third-order valence-electron chi connectivity index (χ3n) is 8.86. The number of carbonyl (C=O) groups excluding carboxylic acids is 1. The predicted octanol–water partition coefficient (Wildman–Crippen LogP) is 7.59. The molecule has 0 unspecified atom stereocenters. The number of piperidine rings is 1. The van der Waals surface area contributed by atoms with Crippen LogP contribution < -0.4 is 15.1 Å². The minimum atomic E-state index is -0.376. The van der Waals surface area contributed by atoms with Gasteiger partial charge in [-0.15, -0.1) is 0 Å². The zero-order valence-electron chi connectivity index (χ0n) is 25.8. The van der Waals surface area contributed by atoms with Crippen molar-refractivity contribution in [3.05, 3.63) is 106 Å². The van der Waals surface area contributed by atoms with Gasteiger partial charge in [0.25, 0.3) is 0 Å². The molecule has 4 atom stereocenters. The molecule has 2 saturated heterocycles. The van der Waals surface area contributed by atoms with Crippen molar-refractivity contribution in [3.8, 4) is 5.69 Å². The largest absolute Gasteiger partial charge is 0.465 e. The SMILES string of the molecule is COC(=O)c1ccccc1-n1c(C)cc([C@H]2[C@@H](c3ccccn3)NC(=S)N2c2ccc(N3C[C@H](C)C[C@H](C)C3)c(Cl)c2)c1C.